The number of carbonyl (C=O) groups excluding carboxylic acids is 1. The summed E-state index contributed by atoms with van der Waals surface area (Å²) in [6.07, 6.45) is 0.167. The van der Waals surface area contributed by atoms with Crippen molar-refractivity contribution in [2.45, 2.75) is 32.2 Å². The summed E-state index contributed by atoms with van der Waals surface area (Å²) in [6.45, 7) is 3.86. The zero-order valence-corrected chi connectivity index (χ0v) is 8.49. The molecule has 1 saturated heterocycles. The van der Waals surface area contributed by atoms with Crippen molar-refractivity contribution in [3.8, 4) is 0 Å². The second kappa shape index (κ2) is 3.64. The predicted octanol–water partition coefficient (Wildman–Crippen LogP) is 0.947. The average Bonchev–Trinajstić information content (AvgIpc) is 2.39. The maximum atomic E-state index is 11.3. The molecule has 4 heteroatoms. The molecule has 0 radical (unpaired) electrons. The van der Waals surface area contributed by atoms with Gasteiger partial charge in [0, 0.05) is 7.11 Å². The Morgan fingerprint density at radius 2 is 2.08 bits per heavy atom. The van der Waals surface area contributed by atoms with Crippen molar-refractivity contribution in [1.82, 2.24) is 0 Å². The van der Waals surface area contributed by atoms with E-state index in [0.717, 1.165) is 0 Å². The van der Waals surface area contributed by atoms with Crippen LogP contribution in [0.3, 0.4) is 0 Å². The molecule has 2 atom stereocenters. The predicted molar refractivity (Wildman–Crippen MR) is 46.1 cm³/mol. The van der Waals surface area contributed by atoms with Crippen molar-refractivity contribution in [3.63, 3.8) is 0 Å². The lowest BCUT2D eigenvalue weighted by Crippen LogP contribution is -2.26. The molecule has 0 saturated carbocycles. The number of hydrogen-bond donors (Lipinski definition) is 0. The van der Waals surface area contributed by atoms with Crippen LogP contribution in [0.15, 0.2) is 0 Å². The number of carbonyl (C=O) groups is 1. The highest BCUT2D eigenvalue weighted by Gasteiger charge is 2.45. The lowest BCUT2D eigenvalue weighted by Gasteiger charge is -2.17. The molecule has 1 rings (SSSR count). The molecule has 1 aliphatic heterocycles. The van der Waals surface area contributed by atoms with Gasteiger partial charge in [0.1, 0.15) is 5.92 Å². The van der Waals surface area contributed by atoms with Gasteiger partial charge in [-0.25, -0.2) is 0 Å². The van der Waals surface area contributed by atoms with Crippen molar-refractivity contribution in [3.05, 3.63) is 0 Å². The molecule has 1 aliphatic rings. The quantitative estimate of drug-likeness (QED) is 0.605. The minimum atomic E-state index is -0.470. The summed E-state index contributed by atoms with van der Waals surface area (Å²) in [5.41, 5.74) is -0.306. The molecule has 0 spiro atoms. The Kier molecular flexibility index (Phi) is 2.93. The van der Waals surface area contributed by atoms with Gasteiger partial charge in [-0.15, -0.1) is 0 Å². The summed E-state index contributed by atoms with van der Waals surface area (Å²) in [7, 11) is 2.91. The fourth-order valence-corrected chi connectivity index (χ4v) is 1.63. The van der Waals surface area contributed by atoms with Crippen LogP contribution in [0.25, 0.3) is 0 Å². The van der Waals surface area contributed by atoms with Crippen LogP contribution >= 0.6 is 0 Å². The van der Waals surface area contributed by atoms with Gasteiger partial charge >= 0.3 is 5.97 Å². The summed E-state index contributed by atoms with van der Waals surface area (Å²) in [6, 6.07) is 0. The van der Waals surface area contributed by atoms with Gasteiger partial charge in [0.15, 0.2) is 6.29 Å². The topological polar surface area (TPSA) is 44.8 Å². The average molecular weight is 188 g/mol. The van der Waals surface area contributed by atoms with Crippen LogP contribution in [0.5, 0.6) is 0 Å². The van der Waals surface area contributed by atoms with E-state index in [0.29, 0.717) is 6.42 Å². The maximum Gasteiger partial charge on any atom is 0.313 e. The standard InChI is InChI=1S/C9H16O4/c1-9(2)5-6(7(10)11-3)8(12-4)13-9/h6,8H,5H2,1-4H3/t6-,8+/m0/s1. The van der Waals surface area contributed by atoms with Gasteiger partial charge in [0.2, 0.25) is 0 Å². The molecule has 1 heterocycles. The molecular formula is C9H16O4. The summed E-state index contributed by atoms with van der Waals surface area (Å²) in [5, 5.41) is 0. The van der Waals surface area contributed by atoms with Crippen molar-refractivity contribution < 1.29 is 19.0 Å². The molecule has 76 valence electrons. The molecule has 0 aromatic carbocycles. The van der Waals surface area contributed by atoms with Crippen molar-refractivity contribution in [2.24, 2.45) is 5.92 Å². The second-order valence-electron chi connectivity index (χ2n) is 3.82. The lowest BCUT2D eigenvalue weighted by molar-refractivity contribution is -0.173. The highest BCUT2D eigenvalue weighted by molar-refractivity contribution is 5.73. The zero-order valence-electron chi connectivity index (χ0n) is 8.49. The van der Waals surface area contributed by atoms with Crippen LogP contribution in [0.2, 0.25) is 0 Å². The van der Waals surface area contributed by atoms with Gasteiger partial charge in [-0.2, -0.15) is 0 Å². The third kappa shape index (κ3) is 2.19. The van der Waals surface area contributed by atoms with Gasteiger partial charge in [-0.1, -0.05) is 0 Å². The minimum absolute atomic E-state index is 0.266. The fourth-order valence-electron chi connectivity index (χ4n) is 1.63. The second-order valence-corrected chi connectivity index (χ2v) is 3.82. The number of esters is 1. The summed E-state index contributed by atoms with van der Waals surface area (Å²) >= 11 is 0. The Morgan fingerprint density at radius 1 is 1.46 bits per heavy atom. The largest absolute Gasteiger partial charge is 0.469 e. The van der Waals surface area contributed by atoms with Gasteiger partial charge < -0.3 is 14.2 Å². The Morgan fingerprint density at radius 3 is 2.54 bits per heavy atom. The summed E-state index contributed by atoms with van der Waals surface area (Å²) < 4.78 is 15.2. The van der Waals surface area contributed by atoms with Crippen molar-refractivity contribution in [2.75, 3.05) is 14.2 Å². The summed E-state index contributed by atoms with van der Waals surface area (Å²) in [4.78, 5) is 11.3. The van der Waals surface area contributed by atoms with Crippen LogP contribution < -0.4 is 0 Å². The van der Waals surface area contributed by atoms with Crippen LogP contribution in [-0.4, -0.2) is 32.1 Å². The number of methoxy groups -OCH3 is 2. The molecule has 0 bridgehead atoms. The van der Waals surface area contributed by atoms with Gasteiger partial charge in [0.05, 0.1) is 12.7 Å². The van der Waals surface area contributed by atoms with Crippen LogP contribution in [0, 0.1) is 5.92 Å². The van der Waals surface area contributed by atoms with E-state index in [4.69, 9.17) is 9.47 Å². The molecule has 4 nitrogen and oxygen atoms in total. The summed E-state index contributed by atoms with van der Waals surface area (Å²) in [5.74, 6) is -0.567. The highest BCUT2D eigenvalue weighted by Crippen LogP contribution is 2.35. The van der Waals surface area contributed by atoms with Crippen molar-refractivity contribution in [1.29, 1.82) is 0 Å². The highest BCUT2D eigenvalue weighted by atomic mass is 16.7. The van der Waals surface area contributed by atoms with Crippen LogP contribution in [0.4, 0.5) is 0 Å². The van der Waals surface area contributed by atoms with E-state index in [9.17, 15) is 4.79 Å². The van der Waals surface area contributed by atoms with Crippen LogP contribution in [-0.2, 0) is 19.0 Å². The molecule has 1 fully saturated rings. The SMILES string of the molecule is COC(=O)[C@@H]1CC(C)(C)O[C@H]1OC. The number of ether oxygens (including phenoxy) is 3. The molecule has 0 N–H and O–H groups in total. The van der Waals surface area contributed by atoms with Gasteiger partial charge in [-0.3, -0.25) is 4.79 Å². The molecule has 0 aromatic heterocycles. The molecule has 0 aliphatic carbocycles. The first-order valence-electron chi connectivity index (χ1n) is 4.28. The first-order chi connectivity index (χ1) is 6.00. The van der Waals surface area contributed by atoms with E-state index < -0.39 is 6.29 Å². The van der Waals surface area contributed by atoms with Gasteiger partial charge in [-0.05, 0) is 20.3 Å². The van der Waals surface area contributed by atoms with E-state index in [2.05, 4.69) is 4.74 Å². The van der Waals surface area contributed by atoms with E-state index in [1.807, 2.05) is 13.8 Å². The van der Waals surface area contributed by atoms with E-state index in [-0.39, 0.29) is 17.5 Å². The lowest BCUT2D eigenvalue weighted by atomic mass is 9.97. The third-order valence-electron chi connectivity index (χ3n) is 2.21. The zero-order chi connectivity index (χ0) is 10.1. The van der Waals surface area contributed by atoms with Crippen LogP contribution in [0.1, 0.15) is 20.3 Å². The Hall–Kier alpha value is -0.610. The van der Waals surface area contributed by atoms with E-state index >= 15 is 0 Å². The molecule has 13 heavy (non-hydrogen) atoms. The molecule has 0 aromatic rings. The number of hydrogen-bond acceptors (Lipinski definition) is 4. The third-order valence-corrected chi connectivity index (χ3v) is 2.21. The fraction of sp³-hybridized carbons (Fsp3) is 0.889. The first kappa shape index (κ1) is 10.5. The normalized spacial score (nSPS) is 31.7. The van der Waals surface area contributed by atoms with Crippen molar-refractivity contribution >= 4 is 5.97 Å². The Balaban J connectivity index is 2.69. The minimum Gasteiger partial charge on any atom is -0.469 e. The Bertz CT molecular complexity index is 200. The van der Waals surface area contributed by atoms with E-state index in [1.165, 1.54) is 14.2 Å². The number of rotatable bonds is 2. The molecule has 0 unspecified atom stereocenters. The molecular weight excluding hydrogens is 172 g/mol. The first-order valence-corrected chi connectivity index (χ1v) is 4.28. The maximum absolute atomic E-state index is 11.3. The molecule has 0 amide bonds. The van der Waals surface area contributed by atoms with Gasteiger partial charge in [0.25, 0.3) is 0 Å². The smallest absolute Gasteiger partial charge is 0.313 e. The Labute approximate surface area is 78.2 Å². The monoisotopic (exact) mass is 188 g/mol. The van der Waals surface area contributed by atoms with E-state index in [1.54, 1.807) is 0 Å².